The molecule has 8 heteroatoms. The first kappa shape index (κ1) is 21.1. The van der Waals surface area contributed by atoms with E-state index >= 15 is 0 Å². The molecule has 0 spiro atoms. The van der Waals surface area contributed by atoms with E-state index in [0.717, 1.165) is 0 Å². The third kappa shape index (κ3) is 8.64. The van der Waals surface area contributed by atoms with Gasteiger partial charge in [-0.2, -0.15) is 0 Å². The van der Waals surface area contributed by atoms with E-state index in [4.69, 9.17) is 9.47 Å². The average molecular weight is 355 g/mol. The molecule has 0 aliphatic heterocycles. The van der Waals surface area contributed by atoms with Crippen LogP contribution in [0.15, 0.2) is 18.7 Å². The van der Waals surface area contributed by atoms with Crippen LogP contribution in [0.4, 0.5) is 4.79 Å². The first-order valence-corrected chi connectivity index (χ1v) is 8.25. The fourth-order valence-electron chi connectivity index (χ4n) is 2.00. The first-order valence-electron chi connectivity index (χ1n) is 8.25. The number of carbonyl (C=O) groups is 2. The van der Waals surface area contributed by atoms with Crippen LogP contribution in [0.3, 0.4) is 0 Å². The monoisotopic (exact) mass is 355 g/mol. The van der Waals surface area contributed by atoms with Crippen LogP contribution in [-0.2, 0) is 14.3 Å². The number of aliphatic hydroxyl groups excluding tert-OH is 1. The average Bonchev–Trinajstić information content (AvgIpc) is 2.93. The lowest BCUT2D eigenvalue weighted by molar-refractivity contribution is -0.171. The predicted molar refractivity (Wildman–Crippen MR) is 91.9 cm³/mol. The van der Waals surface area contributed by atoms with Crippen molar-refractivity contribution in [1.82, 2.24) is 14.9 Å². The van der Waals surface area contributed by atoms with Gasteiger partial charge in [-0.15, -0.1) is 0 Å². The molecule has 1 heterocycles. The highest BCUT2D eigenvalue weighted by atomic mass is 16.6. The Kier molecular flexibility index (Phi) is 7.13. The van der Waals surface area contributed by atoms with Crippen LogP contribution in [0.25, 0.3) is 0 Å². The summed E-state index contributed by atoms with van der Waals surface area (Å²) in [4.78, 5) is 28.3. The van der Waals surface area contributed by atoms with Crippen LogP contribution < -0.4 is 5.32 Å². The largest absolute Gasteiger partial charge is 0.458 e. The predicted octanol–water partition coefficient (Wildman–Crippen LogP) is 2.06. The normalized spacial score (nSPS) is 14.7. The summed E-state index contributed by atoms with van der Waals surface area (Å²) in [6.45, 7) is 10.7. The number of ether oxygens (including phenoxy) is 2. The molecule has 0 bridgehead atoms. The van der Waals surface area contributed by atoms with Crippen LogP contribution in [0.2, 0.25) is 0 Å². The van der Waals surface area contributed by atoms with Crippen molar-refractivity contribution in [3.05, 3.63) is 18.7 Å². The third-order valence-electron chi connectivity index (χ3n) is 2.92. The highest BCUT2D eigenvalue weighted by Gasteiger charge is 2.28. The van der Waals surface area contributed by atoms with Crippen LogP contribution in [0.5, 0.6) is 0 Å². The van der Waals surface area contributed by atoms with Gasteiger partial charge < -0.3 is 19.9 Å². The van der Waals surface area contributed by atoms with E-state index < -0.39 is 35.5 Å². The highest BCUT2D eigenvalue weighted by Crippen LogP contribution is 2.15. The molecule has 1 aromatic heterocycles. The zero-order valence-electron chi connectivity index (χ0n) is 15.8. The number of aliphatic hydroxyl groups is 1. The minimum absolute atomic E-state index is 0.172. The molecule has 0 saturated heterocycles. The van der Waals surface area contributed by atoms with Crippen molar-refractivity contribution in [2.45, 2.75) is 77.9 Å². The molecule has 2 N–H and O–H groups in total. The number of carbonyl (C=O) groups excluding carboxylic acids is 2. The molecule has 1 rings (SSSR count). The van der Waals surface area contributed by atoms with Crippen molar-refractivity contribution >= 4 is 12.0 Å². The van der Waals surface area contributed by atoms with Crippen molar-refractivity contribution in [3.63, 3.8) is 0 Å². The number of hydrogen-bond acceptors (Lipinski definition) is 6. The minimum atomic E-state index is -1.05. The SMILES string of the molecule is CC(C)(C)OC(=O)[C@H](CCC(O)OC(C)(C)C)NC(=O)n1ccnc1. The maximum Gasteiger partial charge on any atom is 0.329 e. The number of nitrogens with one attached hydrogen (secondary N) is 1. The summed E-state index contributed by atoms with van der Waals surface area (Å²) in [6.07, 6.45) is 3.56. The minimum Gasteiger partial charge on any atom is -0.458 e. The summed E-state index contributed by atoms with van der Waals surface area (Å²) in [5, 5.41) is 12.6. The molecule has 25 heavy (non-hydrogen) atoms. The fraction of sp³-hybridized carbons (Fsp3) is 0.706. The Hall–Kier alpha value is -1.93. The summed E-state index contributed by atoms with van der Waals surface area (Å²) < 4.78 is 12.0. The van der Waals surface area contributed by atoms with Gasteiger partial charge in [0.15, 0.2) is 6.29 Å². The van der Waals surface area contributed by atoms with Gasteiger partial charge in [-0.1, -0.05) is 0 Å². The third-order valence-corrected chi connectivity index (χ3v) is 2.92. The number of imidazole rings is 1. The van der Waals surface area contributed by atoms with Crippen molar-refractivity contribution in [1.29, 1.82) is 0 Å². The lowest BCUT2D eigenvalue weighted by Crippen LogP contribution is -2.46. The molecule has 0 aliphatic carbocycles. The lowest BCUT2D eigenvalue weighted by atomic mass is 10.1. The Morgan fingerprint density at radius 2 is 1.80 bits per heavy atom. The Balaban J connectivity index is 2.73. The summed E-state index contributed by atoms with van der Waals surface area (Å²) >= 11 is 0. The molecular formula is C17H29N3O5. The van der Waals surface area contributed by atoms with Crippen LogP contribution in [-0.4, -0.2) is 50.2 Å². The molecule has 1 amide bonds. The Morgan fingerprint density at radius 1 is 1.16 bits per heavy atom. The molecule has 0 saturated carbocycles. The van der Waals surface area contributed by atoms with E-state index in [2.05, 4.69) is 10.3 Å². The highest BCUT2D eigenvalue weighted by molar-refractivity contribution is 5.84. The molecule has 1 unspecified atom stereocenters. The number of aromatic nitrogens is 2. The van der Waals surface area contributed by atoms with Gasteiger partial charge in [0.1, 0.15) is 18.0 Å². The van der Waals surface area contributed by atoms with Gasteiger partial charge in [0.05, 0.1) is 5.60 Å². The van der Waals surface area contributed by atoms with E-state index in [0.29, 0.717) is 0 Å². The molecule has 1 aromatic rings. The molecule has 142 valence electrons. The molecule has 2 atom stereocenters. The number of rotatable bonds is 6. The van der Waals surface area contributed by atoms with E-state index in [9.17, 15) is 14.7 Å². The van der Waals surface area contributed by atoms with Crippen molar-refractivity contribution in [2.75, 3.05) is 0 Å². The number of hydrogen-bond donors (Lipinski definition) is 2. The summed E-state index contributed by atoms with van der Waals surface area (Å²) in [5.41, 5.74) is -1.20. The van der Waals surface area contributed by atoms with Crippen LogP contribution in [0.1, 0.15) is 54.4 Å². The number of amides is 1. The van der Waals surface area contributed by atoms with Crippen molar-refractivity contribution in [3.8, 4) is 0 Å². The Bertz CT molecular complexity index is 558. The molecular weight excluding hydrogens is 326 g/mol. The van der Waals surface area contributed by atoms with Gasteiger partial charge in [0.25, 0.3) is 0 Å². The van der Waals surface area contributed by atoms with Crippen LogP contribution in [0, 0.1) is 0 Å². The molecule has 0 aliphatic rings. The van der Waals surface area contributed by atoms with E-state index in [1.807, 2.05) is 20.8 Å². The van der Waals surface area contributed by atoms with Gasteiger partial charge in [-0.25, -0.2) is 14.6 Å². The zero-order valence-corrected chi connectivity index (χ0v) is 15.8. The van der Waals surface area contributed by atoms with Gasteiger partial charge in [-0.05, 0) is 48.0 Å². The van der Waals surface area contributed by atoms with Crippen molar-refractivity contribution < 1.29 is 24.2 Å². The Labute approximate surface area is 148 Å². The lowest BCUT2D eigenvalue weighted by Gasteiger charge is -2.27. The van der Waals surface area contributed by atoms with E-state index in [1.54, 1.807) is 20.8 Å². The zero-order chi connectivity index (χ0) is 19.3. The summed E-state index contributed by atoms with van der Waals surface area (Å²) in [6, 6.07) is -1.41. The smallest absolute Gasteiger partial charge is 0.329 e. The second-order valence-electron chi connectivity index (χ2n) is 7.77. The van der Waals surface area contributed by atoms with Crippen molar-refractivity contribution in [2.24, 2.45) is 0 Å². The van der Waals surface area contributed by atoms with Crippen LogP contribution >= 0.6 is 0 Å². The van der Waals surface area contributed by atoms with E-state index in [-0.39, 0.29) is 12.8 Å². The van der Waals surface area contributed by atoms with E-state index in [1.165, 1.54) is 23.3 Å². The Morgan fingerprint density at radius 3 is 2.28 bits per heavy atom. The maximum atomic E-state index is 12.4. The molecule has 0 fully saturated rings. The maximum absolute atomic E-state index is 12.4. The molecule has 0 radical (unpaired) electrons. The number of nitrogens with zero attached hydrogens (tertiary/aromatic N) is 2. The second-order valence-corrected chi connectivity index (χ2v) is 7.77. The summed E-state index contributed by atoms with van der Waals surface area (Å²) in [7, 11) is 0. The second kappa shape index (κ2) is 8.44. The van der Waals surface area contributed by atoms with Gasteiger partial charge in [0.2, 0.25) is 0 Å². The van der Waals surface area contributed by atoms with Gasteiger partial charge >= 0.3 is 12.0 Å². The first-order chi connectivity index (χ1) is 11.4. The fourth-order valence-corrected chi connectivity index (χ4v) is 2.00. The quantitative estimate of drug-likeness (QED) is 0.598. The molecule has 0 aromatic carbocycles. The number of esters is 1. The summed E-state index contributed by atoms with van der Waals surface area (Å²) in [5.74, 6) is -0.566. The molecule has 8 nitrogen and oxygen atoms in total. The van der Waals surface area contributed by atoms with Gasteiger partial charge in [-0.3, -0.25) is 4.57 Å². The standard InChI is InChI=1S/C17H29N3O5/c1-16(2,3)24-13(21)8-7-12(14(22)25-17(4,5)6)19-15(23)20-10-9-18-11-20/h9-13,21H,7-8H2,1-6H3,(H,19,23)/t12-,13?/m0/s1. The topological polar surface area (TPSA) is 103 Å². The van der Waals surface area contributed by atoms with Gasteiger partial charge in [0, 0.05) is 18.8 Å².